The molecule has 2 rings (SSSR count). The smallest absolute Gasteiger partial charge is 0.125 e. The third-order valence-corrected chi connectivity index (χ3v) is 2.27. The Bertz CT molecular complexity index is 497. The number of anilines is 1. The number of hydrogen-bond donors (Lipinski definition) is 4. The van der Waals surface area contributed by atoms with Crippen molar-refractivity contribution >= 4 is 5.69 Å². The number of nitrogen functional groups attached to an aromatic ring is 1. The Hall–Kier alpha value is -2.36. The molecule has 0 unspecified atom stereocenters. The molecule has 0 fully saturated rings. The molecule has 0 aromatic heterocycles. The van der Waals surface area contributed by atoms with Crippen LogP contribution < -0.4 is 5.73 Å². The molecule has 0 aliphatic carbocycles. The van der Waals surface area contributed by atoms with Gasteiger partial charge in [-0.3, -0.25) is 0 Å². The van der Waals surface area contributed by atoms with Crippen LogP contribution >= 0.6 is 0 Å². The molecule has 5 N–H and O–H groups in total. The second kappa shape index (κ2) is 3.66. The maximum Gasteiger partial charge on any atom is 0.125 e. The van der Waals surface area contributed by atoms with Crippen LogP contribution in [0.1, 0.15) is 0 Å². The van der Waals surface area contributed by atoms with Crippen molar-refractivity contribution in [2.75, 3.05) is 5.73 Å². The molecule has 0 bridgehead atoms. The predicted octanol–water partition coefficient (Wildman–Crippen LogP) is 2.05. The minimum absolute atomic E-state index is 0.00463. The first-order valence-electron chi connectivity index (χ1n) is 4.69. The number of nitrogens with two attached hydrogens (primary N) is 1. The summed E-state index contributed by atoms with van der Waals surface area (Å²) in [6.07, 6.45) is 0. The second-order valence-corrected chi connectivity index (χ2v) is 3.48. The summed E-state index contributed by atoms with van der Waals surface area (Å²) in [5.41, 5.74) is 6.97. The van der Waals surface area contributed by atoms with Crippen LogP contribution in [0.15, 0.2) is 36.4 Å². The highest BCUT2D eigenvalue weighted by molar-refractivity contribution is 5.82. The van der Waals surface area contributed by atoms with E-state index in [-0.39, 0.29) is 17.2 Å². The molecule has 4 nitrogen and oxygen atoms in total. The summed E-state index contributed by atoms with van der Waals surface area (Å²) in [7, 11) is 0. The van der Waals surface area contributed by atoms with E-state index in [0.29, 0.717) is 16.8 Å². The first-order valence-corrected chi connectivity index (χ1v) is 4.69. The maximum atomic E-state index is 9.68. The molecule has 0 heterocycles. The van der Waals surface area contributed by atoms with Gasteiger partial charge in [-0.2, -0.15) is 0 Å². The van der Waals surface area contributed by atoms with E-state index >= 15 is 0 Å². The van der Waals surface area contributed by atoms with Crippen LogP contribution in [0.3, 0.4) is 0 Å². The van der Waals surface area contributed by atoms with Gasteiger partial charge in [-0.15, -0.1) is 0 Å². The number of rotatable bonds is 1. The molecule has 0 saturated carbocycles. The Balaban J connectivity index is 2.67. The van der Waals surface area contributed by atoms with Crippen molar-refractivity contribution in [1.29, 1.82) is 0 Å². The topological polar surface area (TPSA) is 86.7 Å². The predicted molar refractivity (Wildman–Crippen MR) is 61.3 cm³/mol. The summed E-state index contributed by atoms with van der Waals surface area (Å²) < 4.78 is 0. The molecule has 4 heteroatoms. The van der Waals surface area contributed by atoms with E-state index in [1.807, 2.05) is 0 Å². The van der Waals surface area contributed by atoms with Crippen molar-refractivity contribution in [3.63, 3.8) is 0 Å². The van der Waals surface area contributed by atoms with E-state index in [9.17, 15) is 15.3 Å². The van der Waals surface area contributed by atoms with E-state index in [2.05, 4.69) is 0 Å². The lowest BCUT2D eigenvalue weighted by Gasteiger charge is -2.09. The number of benzene rings is 2. The Morgan fingerprint density at radius 2 is 1.50 bits per heavy atom. The first-order chi connectivity index (χ1) is 7.58. The van der Waals surface area contributed by atoms with Crippen LogP contribution in [0.5, 0.6) is 17.2 Å². The maximum absolute atomic E-state index is 9.68. The lowest BCUT2D eigenvalue weighted by atomic mass is 10.0. The number of phenols is 3. The lowest BCUT2D eigenvalue weighted by Crippen LogP contribution is -1.90. The van der Waals surface area contributed by atoms with Crippen molar-refractivity contribution in [2.45, 2.75) is 0 Å². The monoisotopic (exact) mass is 217 g/mol. The van der Waals surface area contributed by atoms with Crippen LogP contribution in [-0.4, -0.2) is 15.3 Å². The largest absolute Gasteiger partial charge is 0.508 e. The van der Waals surface area contributed by atoms with Crippen LogP contribution in [0.2, 0.25) is 0 Å². The molecule has 16 heavy (non-hydrogen) atoms. The van der Waals surface area contributed by atoms with Gasteiger partial charge in [0.25, 0.3) is 0 Å². The van der Waals surface area contributed by atoms with E-state index < -0.39 is 0 Å². The zero-order chi connectivity index (χ0) is 11.7. The van der Waals surface area contributed by atoms with Crippen LogP contribution in [0, 0.1) is 0 Å². The zero-order valence-electron chi connectivity index (χ0n) is 8.38. The third-order valence-electron chi connectivity index (χ3n) is 2.27. The summed E-state index contributed by atoms with van der Waals surface area (Å²) in [6, 6.07) is 8.80. The summed E-state index contributed by atoms with van der Waals surface area (Å²) in [5, 5.41) is 28.4. The number of hydrogen-bond acceptors (Lipinski definition) is 4. The summed E-state index contributed by atoms with van der Waals surface area (Å²) >= 11 is 0. The summed E-state index contributed by atoms with van der Waals surface area (Å²) in [4.78, 5) is 0. The Kier molecular flexibility index (Phi) is 2.32. The molecule has 0 aliphatic rings. The molecule has 2 aromatic rings. The highest BCUT2D eigenvalue weighted by Gasteiger charge is 2.09. The number of phenolic OH excluding ortho intramolecular Hbond substituents is 3. The van der Waals surface area contributed by atoms with Gasteiger partial charge < -0.3 is 21.1 Å². The lowest BCUT2D eigenvalue weighted by molar-refractivity contribution is 0.451. The fourth-order valence-corrected chi connectivity index (χ4v) is 1.61. The normalized spacial score (nSPS) is 10.2. The van der Waals surface area contributed by atoms with Crippen molar-refractivity contribution in [3.8, 4) is 28.4 Å². The standard InChI is InChI=1S/C12H11NO3/c13-10-2-1-3-11(16)12(10)7-4-8(14)6-9(15)5-7/h1-6,14-16H,13H2. The van der Waals surface area contributed by atoms with Crippen molar-refractivity contribution < 1.29 is 15.3 Å². The van der Waals surface area contributed by atoms with Gasteiger partial charge >= 0.3 is 0 Å². The fourth-order valence-electron chi connectivity index (χ4n) is 1.61. The average Bonchev–Trinajstić information content (AvgIpc) is 2.15. The van der Waals surface area contributed by atoms with Gasteiger partial charge in [-0.1, -0.05) is 6.07 Å². The van der Waals surface area contributed by atoms with E-state index in [4.69, 9.17) is 5.73 Å². The van der Waals surface area contributed by atoms with Gasteiger partial charge in [0.2, 0.25) is 0 Å². The van der Waals surface area contributed by atoms with Crippen LogP contribution in [-0.2, 0) is 0 Å². The molecule has 0 aliphatic heterocycles. The first kappa shape index (κ1) is 10.2. The minimum Gasteiger partial charge on any atom is -0.508 e. The molecule has 0 radical (unpaired) electrons. The third kappa shape index (κ3) is 1.72. The molecule has 0 spiro atoms. The van der Waals surface area contributed by atoms with Crippen molar-refractivity contribution in [3.05, 3.63) is 36.4 Å². The molecular formula is C12H11NO3. The van der Waals surface area contributed by atoms with Gasteiger partial charge in [0.05, 0.1) is 0 Å². The van der Waals surface area contributed by atoms with Crippen molar-refractivity contribution in [2.24, 2.45) is 0 Å². The van der Waals surface area contributed by atoms with Crippen molar-refractivity contribution in [1.82, 2.24) is 0 Å². The van der Waals surface area contributed by atoms with Gasteiger partial charge in [0.15, 0.2) is 0 Å². The quantitative estimate of drug-likeness (QED) is 0.550. The Morgan fingerprint density at radius 3 is 2.06 bits per heavy atom. The molecule has 0 atom stereocenters. The minimum atomic E-state index is -0.0855. The Labute approximate surface area is 92.2 Å². The highest BCUT2D eigenvalue weighted by Crippen LogP contribution is 2.37. The molecule has 0 amide bonds. The SMILES string of the molecule is Nc1cccc(O)c1-c1cc(O)cc(O)c1. The summed E-state index contributed by atoms with van der Waals surface area (Å²) in [5.74, 6) is -0.166. The molecular weight excluding hydrogens is 206 g/mol. The second-order valence-electron chi connectivity index (χ2n) is 3.48. The summed E-state index contributed by atoms with van der Waals surface area (Å²) in [6.45, 7) is 0. The van der Waals surface area contributed by atoms with Gasteiger partial charge in [-0.05, 0) is 29.8 Å². The molecule has 2 aromatic carbocycles. The van der Waals surface area contributed by atoms with E-state index in [0.717, 1.165) is 0 Å². The number of aromatic hydroxyl groups is 3. The van der Waals surface area contributed by atoms with Gasteiger partial charge in [-0.25, -0.2) is 0 Å². The Morgan fingerprint density at radius 1 is 0.875 bits per heavy atom. The average molecular weight is 217 g/mol. The van der Waals surface area contributed by atoms with Crippen LogP contribution in [0.4, 0.5) is 5.69 Å². The van der Waals surface area contributed by atoms with E-state index in [1.165, 1.54) is 24.3 Å². The highest BCUT2D eigenvalue weighted by atomic mass is 16.3. The van der Waals surface area contributed by atoms with Gasteiger partial charge in [0, 0.05) is 17.3 Å². The fraction of sp³-hybridized carbons (Fsp3) is 0. The molecule has 0 saturated heterocycles. The van der Waals surface area contributed by atoms with E-state index in [1.54, 1.807) is 12.1 Å². The molecule has 82 valence electrons. The zero-order valence-corrected chi connectivity index (χ0v) is 8.38. The van der Waals surface area contributed by atoms with Crippen LogP contribution in [0.25, 0.3) is 11.1 Å². The van der Waals surface area contributed by atoms with Gasteiger partial charge in [0.1, 0.15) is 17.2 Å².